The molecule has 0 aliphatic carbocycles. The number of fused-ring (bicyclic) bond motifs is 1. The average Bonchev–Trinajstić information content (AvgIpc) is 2.59. The lowest BCUT2D eigenvalue weighted by molar-refractivity contribution is 0.104. The minimum absolute atomic E-state index is 0.0137. The van der Waals surface area contributed by atoms with E-state index in [-0.39, 0.29) is 5.78 Å². The van der Waals surface area contributed by atoms with Gasteiger partial charge in [0.05, 0.1) is 7.11 Å². The summed E-state index contributed by atoms with van der Waals surface area (Å²) in [7, 11) is 1.66. The summed E-state index contributed by atoms with van der Waals surface area (Å²) in [4.78, 5) is 12.2. The van der Waals surface area contributed by atoms with Crippen molar-refractivity contribution in [2.75, 3.05) is 7.11 Å². The second-order valence-electron chi connectivity index (χ2n) is 5.54. The van der Waals surface area contributed by atoms with Crippen LogP contribution in [0.2, 0.25) is 0 Å². The molecule has 0 atom stereocenters. The summed E-state index contributed by atoms with van der Waals surface area (Å²) >= 11 is 0. The second-order valence-corrected chi connectivity index (χ2v) is 5.54. The zero-order valence-electron chi connectivity index (χ0n) is 13.2. The number of aryl methyl sites for hydroxylation is 1. The lowest BCUT2D eigenvalue weighted by atomic mass is 10.0. The smallest absolute Gasteiger partial charge is 0.185 e. The molecule has 0 N–H and O–H groups in total. The first kappa shape index (κ1) is 15.0. The van der Waals surface area contributed by atoms with Gasteiger partial charge in [-0.1, -0.05) is 54.1 Å². The van der Waals surface area contributed by atoms with Crippen molar-refractivity contribution in [1.29, 1.82) is 0 Å². The average molecular weight is 302 g/mol. The van der Waals surface area contributed by atoms with Crippen LogP contribution in [0.4, 0.5) is 0 Å². The van der Waals surface area contributed by atoms with E-state index in [0.717, 1.165) is 27.6 Å². The molecule has 3 aromatic rings. The van der Waals surface area contributed by atoms with Gasteiger partial charge in [0, 0.05) is 5.56 Å². The van der Waals surface area contributed by atoms with Gasteiger partial charge in [-0.25, -0.2) is 0 Å². The minimum atomic E-state index is 0.0137. The number of carbonyl (C=O) groups excluding carboxylic acids is 1. The van der Waals surface area contributed by atoms with Crippen LogP contribution in [0.5, 0.6) is 5.75 Å². The highest BCUT2D eigenvalue weighted by molar-refractivity contribution is 6.07. The fourth-order valence-electron chi connectivity index (χ4n) is 2.46. The summed E-state index contributed by atoms with van der Waals surface area (Å²) in [6.45, 7) is 2.01. The van der Waals surface area contributed by atoms with Crippen molar-refractivity contribution in [2.45, 2.75) is 6.92 Å². The molecular weight excluding hydrogens is 284 g/mol. The number of allylic oxidation sites excluding steroid dienone is 1. The standard InChI is InChI=1S/C21H18O2/c1-15-3-7-17(8-4-15)21(22)12-6-16-5-9-19-14-20(23-2)11-10-18(19)13-16/h3-14H,1-2H3/b12-6+. The Kier molecular flexibility index (Phi) is 4.24. The molecule has 3 aromatic carbocycles. The van der Waals surface area contributed by atoms with Crippen LogP contribution in [-0.4, -0.2) is 12.9 Å². The van der Waals surface area contributed by atoms with Gasteiger partial charge >= 0.3 is 0 Å². The van der Waals surface area contributed by atoms with Crippen LogP contribution < -0.4 is 4.74 Å². The molecule has 0 radical (unpaired) electrons. The Hall–Kier alpha value is -2.87. The van der Waals surface area contributed by atoms with Crippen molar-refractivity contribution in [2.24, 2.45) is 0 Å². The van der Waals surface area contributed by atoms with Gasteiger partial charge in [-0.2, -0.15) is 0 Å². The van der Waals surface area contributed by atoms with E-state index in [1.165, 1.54) is 0 Å². The van der Waals surface area contributed by atoms with E-state index in [0.29, 0.717) is 5.56 Å². The Bertz CT molecular complexity index is 874. The van der Waals surface area contributed by atoms with Crippen LogP contribution in [0.15, 0.2) is 66.7 Å². The van der Waals surface area contributed by atoms with Crippen molar-refractivity contribution in [3.05, 3.63) is 83.4 Å². The van der Waals surface area contributed by atoms with Gasteiger partial charge in [-0.3, -0.25) is 4.79 Å². The summed E-state index contributed by atoms with van der Waals surface area (Å²) in [5, 5.41) is 2.24. The molecule has 3 rings (SSSR count). The van der Waals surface area contributed by atoms with E-state index < -0.39 is 0 Å². The topological polar surface area (TPSA) is 26.3 Å². The Morgan fingerprint density at radius 1 is 0.913 bits per heavy atom. The zero-order valence-corrected chi connectivity index (χ0v) is 13.2. The van der Waals surface area contributed by atoms with E-state index in [9.17, 15) is 4.79 Å². The highest BCUT2D eigenvalue weighted by atomic mass is 16.5. The maximum Gasteiger partial charge on any atom is 0.185 e. The molecule has 0 bridgehead atoms. The maximum atomic E-state index is 12.2. The van der Waals surface area contributed by atoms with Crippen LogP contribution >= 0.6 is 0 Å². The van der Waals surface area contributed by atoms with E-state index in [2.05, 4.69) is 6.07 Å². The third-order valence-electron chi connectivity index (χ3n) is 3.83. The largest absolute Gasteiger partial charge is 0.497 e. The number of ether oxygens (including phenoxy) is 1. The van der Waals surface area contributed by atoms with E-state index >= 15 is 0 Å². The van der Waals surface area contributed by atoms with E-state index in [1.807, 2.05) is 67.6 Å². The number of rotatable bonds is 4. The lowest BCUT2D eigenvalue weighted by Gasteiger charge is -2.03. The molecule has 114 valence electrons. The Labute approximate surface area is 136 Å². The summed E-state index contributed by atoms with van der Waals surface area (Å²) in [6, 6.07) is 19.7. The van der Waals surface area contributed by atoms with Gasteiger partial charge in [0.25, 0.3) is 0 Å². The molecule has 23 heavy (non-hydrogen) atoms. The van der Waals surface area contributed by atoms with Gasteiger partial charge in [-0.15, -0.1) is 0 Å². The normalized spacial score (nSPS) is 11.0. The van der Waals surface area contributed by atoms with E-state index in [1.54, 1.807) is 13.2 Å². The molecule has 2 heteroatoms. The fraction of sp³-hybridized carbons (Fsp3) is 0.0952. The molecule has 0 heterocycles. The summed E-state index contributed by atoms with van der Waals surface area (Å²) in [5.41, 5.74) is 2.86. The van der Waals surface area contributed by atoms with Crippen molar-refractivity contribution in [3.63, 3.8) is 0 Å². The first-order valence-electron chi connectivity index (χ1n) is 7.52. The molecule has 0 aliphatic rings. The highest BCUT2D eigenvalue weighted by Gasteiger charge is 2.01. The van der Waals surface area contributed by atoms with Crippen molar-refractivity contribution in [3.8, 4) is 5.75 Å². The third kappa shape index (κ3) is 3.49. The summed E-state index contributed by atoms with van der Waals surface area (Å²) in [6.07, 6.45) is 3.47. The number of carbonyl (C=O) groups is 1. The Balaban J connectivity index is 1.83. The Morgan fingerprint density at radius 3 is 2.35 bits per heavy atom. The molecule has 0 fully saturated rings. The molecule has 0 aliphatic heterocycles. The number of benzene rings is 3. The van der Waals surface area contributed by atoms with Gasteiger partial charge in [0.15, 0.2) is 5.78 Å². The van der Waals surface area contributed by atoms with E-state index in [4.69, 9.17) is 4.74 Å². The molecule has 2 nitrogen and oxygen atoms in total. The second kappa shape index (κ2) is 6.49. The van der Waals surface area contributed by atoms with Crippen LogP contribution in [-0.2, 0) is 0 Å². The van der Waals surface area contributed by atoms with Crippen molar-refractivity contribution < 1.29 is 9.53 Å². The fourth-order valence-corrected chi connectivity index (χ4v) is 2.46. The molecular formula is C21H18O2. The highest BCUT2D eigenvalue weighted by Crippen LogP contribution is 2.22. The first-order chi connectivity index (χ1) is 11.2. The summed E-state index contributed by atoms with van der Waals surface area (Å²) in [5.74, 6) is 0.857. The monoisotopic (exact) mass is 302 g/mol. The van der Waals surface area contributed by atoms with Gasteiger partial charge in [0.1, 0.15) is 5.75 Å². The predicted octanol–water partition coefficient (Wildman–Crippen LogP) is 5.05. The van der Waals surface area contributed by atoms with Crippen molar-refractivity contribution >= 4 is 22.6 Å². The maximum absolute atomic E-state index is 12.2. The molecule has 0 unspecified atom stereocenters. The Morgan fingerprint density at radius 2 is 1.61 bits per heavy atom. The molecule has 0 amide bonds. The molecule has 0 aromatic heterocycles. The van der Waals surface area contributed by atoms with Crippen LogP contribution in [0.3, 0.4) is 0 Å². The quantitative estimate of drug-likeness (QED) is 0.498. The first-order valence-corrected chi connectivity index (χ1v) is 7.52. The minimum Gasteiger partial charge on any atom is -0.497 e. The van der Waals surface area contributed by atoms with Crippen molar-refractivity contribution in [1.82, 2.24) is 0 Å². The van der Waals surface area contributed by atoms with Gasteiger partial charge < -0.3 is 4.74 Å². The molecule has 0 saturated heterocycles. The number of ketones is 1. The van der Waals surface area contributed by atoms with Gasteiger partial charge in [0.2, 0.25) is 0 Å². The number of methoxy groups -OCH3 is 1. The zero-order chi connectivity index (χ0) is 16.2. The number of hydrogen-bond acceptors (Lipinski definition) is 2. The predicted molar refractivity (Wildman–Crippen MR) is 95.0 cm³/mol. The molecule has 0 saturated carbocycles. The van der Waals surface area contributed by atoms with Crippen LogP contribution in [0, 0.1) is 6.92 Å². The van der Waals surface area contributed by atoms with Crippen LogP contribution in [0.1, 0.15) is 21.5 Å². The molecule has 0 spiro atoms. The van der Waals surface area contributed by atoms with Crippen LogP contribution in [0.25, 0.3) is 16.8 Å². The number of hydrogen-bond donors (Lipinski definition) is 0. The lowest BCUT2D eigenvalue weighted by Crippen LogP contribution is -1.93. The van der Waals surface area contributed by atoms with Gasteiger partial charge in [-0.05, 0) is 47.5 Å². The SMILES string of the molecule is COc1ccc2cc(/C=C/C(=O)c3ccc(C)cc3)ccc2c1. The third-order valence-corrected chi connectivity index (χ3v) is 3.83. The summed E-state index contributed by atoms with van der Waals surface area (Å²) < 4.78 is 5.23.